The van der Waals surface area contributed by atoms with E-state index >= 15 is 0 Å². The Morgan fingerprint density at radius 3 is 2.50 bits per heavy atom. The van der Waals surface area contributed by atoms with Gasteiger partial charge in [0.05, 0.1) is 7.11 Å². The van der Waals surface area contributed by atoms with Crippen LogP contribution in [0.25, 0.3) is 10.8 Å². The standard InChI is InChI=1S/C23H20BrN3O/c1-15-7-9-18(12-21(15)24)27-23-20-6-4-3-5-19(20)17(14-26-23)11-16-8-10-22(28-2)25-13-16/h3-10,12-14H,11H2,1-2H3,(H,26,27). The summed E-state index contributed by atoms with van der Waals surface area (Å²) >= 11 is 3.59. The average Bonchev–Trinajstić information content (AvgIpc) is 2.73. The number of ether oxygens (including phenoxy) is 1. The Morgan fingerprint density at radius 1 is 0.964 bits per heavy atom. The van der Waals surface area contributed by atoms with Crippen LogP contribution in [0.4, 0.5) is 11.5 Å². The molecule has 0 saturated carbocycles. The Morgan fingerprint density at radius 2 is 1.79 bits per heavy atom. The third-order valence-electron chi connectivity index (χ3n) is 4.71. The van der Waals surface area contributed by atoms with Crippen LogP contribution in [0.15, 0.2) is 71.5 Å². The molecule has 0 aliphatic heterocycles. The van der Waals surface area contributed by atoms with E-state index in [9.17, 15) is 0 Å². The van der Waals surface area contributed by atoms with Gasteiger partial charge in [-0.1, -0.05) is 52.3 Å². The molecule has 4 rings (SSSR count). The zero-order valence-corrected chi connectivity index (χ0v) is 17.3. The van der Waals surface area contributed by atoms with E-state index in [2.05, 4.69) is 69.6 Å². The molecule has 2 aromatic heterocycles. The number of halogens is 1. The van der Waals surface area contributed by atoms with Gasteiger partial charge in [0, 0.05) is 40.4 Å². The van der Waals surface area contributed by atoms with Gasteiger partial charge in [-0.25, -0.2) is 9.97 Å². The number of pyridine rings is 2. The van der Waals surface area contributed by atoms with Gasteiger partial charge in [0.2, 0.25) is 5.88 Å². The fourth-order valence-corrected chi connectivity index (χ4v) is 3.53. The molecule has 2 aromatic carbocycles. The summed E-state index contributed by atoms with van der Waals surface area (Å²) in [6, 6.07) is 18.5. The molecule has 0 aliphatic carbocycles. The second-order valence-corrected chi connectivity index (χ2v) is 7.51. The van der Waals surface area contributed by atoms with Crippen LogP contribution >= 0.6 is 15.9 Å². The van der Waals surface area contributed by atoms with Gasteiger partial charge >= 0.3 is 0 Å². The highest BCUT2D eigenvalue weighted by atomic mass is 79.9. The molecule has 0 unspecified atom stereocenters. The molecule has 1 N–H and O–H groups in total. The van der Waals surface area contributed by atoms with Crippen molar-refractivity contribution in [3.8, 4) is 5.88 Å². The molecule has 140 valence electrons. The van der Waals surface area contributed by atoms with Crippen LogP contribution in [-0.2, 0) is 6.42 Å². The van der Waals surface area contributed by atoms with E-state index in [1.165, 1.54) is 16.5 Å². The minimum atomic E-state index is 0.621. The Bertz CT molecular complexity index is 1130. The number of hydrogen-bond donors (Lipinski definition) is 1. The monoisotopic (exact) mass is 433 g/mol. The van der Waals surface area contributed by atoms with Crippen LogP contribution in [0, 0.1) is 6.92 Å². The predicted octanol–water partition coefficient (Wildman–Crippen LogP) is 6.04. The molecular weight excluding hydrogens is 414 g/mol. The quantitative estimate of drug-likeness (QED) is 0.416. The van der Waals surface area contributed by atoms with Crippen molar-refractivity contribution in [2.24, 2.45) is 0 Å². The lowest BCUT2D eigenvalue weighted by Crippen LogP contribution is -1.99. The molecule has 2 heterocycles. The topological polar surface area (TPSA) is 47.0 Å². The number of benzene rings is 2. The molecule has 5 heteroatoms. The zero-order chi connectivity index (χ0) is 19.5. The van der Waals surface area contributed by atoms with Gasteiger partial charge in [-0.05, 0) is 41.1 Å². The van der Waals surface area contributed by atoms with Crippen molar-refractivity contribution in [2.45, 2.75) is 13.3 Å². The van der Waals surface area contributed by atoms with E-state index in [1.807, 2.05) is 30.6 Å². The van der Waals surface area contributed by atoms with E-state index in [0.717, 1.165) is 33.3 Å². The smallest absolute Gasteiger partial charge is 0.212 e. The summed E-state index contributed by atoms with van der Waals surface area (Å²) in [6.45, 7) is 2.07. The van der Waals surface area contributed by atoms with Gasteiger partial charge < -0.3 is 10.1 Å². The molecule has 0 saturated heterocycles. The van der Waals surface area contributed by atoms with Crippen molar-refractivity contribution in [3.63, 3.8) is 0 Å². The van der Waals surface area contributed by atoms with Crippen LogP contribution in [-0.4, -0.2) is 17.1 Å². The second-order valence-electron chi connectivity index (χ2n) is 6.65. The average molecular weight is 434 g/mol. The first-order valence-electron chi connectivity index (χ1n) is 9.03. The molecule has 0 spiro atoms. The molecule has 4 nitrogen and oxygen atoms in total. The first kappa shape index (κ1) is 18.4. The largest absolute Gasteiger partial charge is 0.481 e. The number of aryl methyl sites for hydroxylation is 1. The van der Waals surface area contributed by atoms with Crippen molar-refractivity contribution in [3.05, 3.63) is 88.2 Å². The van der Waals surface area contributed by atoms with Crippen molar-refractivity contribution in [2.75, 3.05) is 12.4 Å². The number of anilines is 2. The van der Waals surface area contributed by atoms with Gasteiger partial charge in [0.15, 0.2) is 0 Å². The number of nitrogens with zero attached hydrogens (tertiary/aromatic N) is 2. The summed E-state index contributed by atoms with van der Waals surface area (Å²) in [5.41, 5.74) is 4.49. The van der Waals surface area contributed by atoms with Gasteiger partial charge in [0.1, 0.15) is 5.82 Å². The predicted molar refractivity (Wildman–Crippen MR) is 117 cm³/mol. The molecule has 0 radical (unpaired) electrons. The molecule has 0 atom stereocenters. The number of rotatable bonds is 5. The van der Waals surface area contributed by atoms with Crippen molar-refractivity contribution in [1.82, 2.24) is 9.97 Å². The van der Waals surface area contributed by atoms with Crippen LogP contribution in [0.3, 0.4) is 0 Å². The summed E-state index contributed by atoms with van der Waals surface area (Å²) in [4.78, 5) is 9.02. The van der Waals surface area contributed by atoms with Crippen LogP contribution in [0.1, 0.15) is 16.7 Å². The van der Waals surface area contributed by atoms with E-state index in [4.69, 9.17) is 9.72 Å². The lowest BCUT2D eigenvalue weighted by atomic mass is 10.0. The van der Waals surface area contributed by atoms with E-state index < -0.39 is 0 Å². The molecule has 4 aromatic rings. The molecule has 0 amide bonds. The van der Waals surface area contributed by atoms with Crippen molar-refractivity contribution in [1.29, 1.82) is 0 Å². The fourth-order valence-electron chi connectivity index (χ4n) is 3.16. The Labute approximate surface area is 172 Å². The Kier molecular flexibility index (Phi) is 5.26. The third-order valence-corrected chi connectivity index (χ3v) is 5.57. The highest BCUT2D eigenvalue weighted by molar-refractivity contribution is 9.10. The second kappa shape index (κ2) is 7.98. The highest BCUT2D eigenvalue weighted by Gasteiger charge is 2.09. The third kappa shape index (κ3) is 3.85. The Balaban J connectivity index is 1.68. The minimum absolute atomic E-state index is 0.621. The maximum absolute atomic E-state index is 5.14. The van der Waals surface area contributed by atoms with Gasteiger partial charge in [-0.2, -0.15) is 0 Å². The number of aromatic nitrogens is 2. The van der Waals surface area contributed by atoms with Crippen molar-refractivity contribution >= 4 is 38.2 Å². The molecule has 0 bridgehead atoms. The van der Waals surface area contributed by atoms with Gasteiger partial charge in [-0.15, -0.1) is 0 Å². The molecule has 28 heavy (non-hydrogen) atoms. The van der Waals surface area contributed by atoms with E-state index in [-0.39, 0.29) is 0 Å². The normalized spacial score (nSPS) is 10.8. The summed E-state index contributed by atoms with van der Waals surface area (Å²) in [5, 5.41) is 5.73. The first-order chi connectivity index (χ1) is 13.6. The summed E-state index contributed by atoms with van der Waals surface area (Å²) in [5.74, 6) is 1.47. The minimum Gasteiger partial charge on any atom is -0.481 e. The van der Waals surface area contributed by atoms with Gasteiger partial charge in [-0.3, -0.25) is 0 Å². The number of methoxy groups -OCH3 is 1. The number of nitrogens with one attached hydrogen (secondary N) is 1. The van der Waals surface area contributed by atoms with Crippen LogP contribution in [0.5, 0.6) is 5.88 Å². The van der Waals surface area contributed by atoms with Crippen LogP contribution in [0.2, 0.25) is 0 Å². The Hall–Kier alpha value is -2.92. The first-order valence-corrected chi connectivity index (χ1v) is 9.82. The van der Waals surface area contributed by atoms with Crippen LogP contribution < -0.4 is 10.1 Å². The van der Waals surface area contributed by atoms with Gasteiger partial charge in [0.25, 0.3) is 0 Å². The maximum Gasteiger partial charge on any atom is 0.212 e. The van der Waals surface area contributed by atoms with E-state index in [0.29, 0.717) is 5.88 Å². The van der Waals surface area contributed by atoms with Crippen molar-refractivity contribution < 1.29 is 4.74 Å². The molecular formula is C23H20BrN3O. The zero-order valence-electron chi connectivity index (χ0n) is 15.7. The maximum atomic E-state index is 5.14. The lowest BCUT2D eigenvalue weighted by Gasteiger charge is -2.13. The summed E-state index contributed by atoms with van der Waals surface area (Å²) < 4.78 is 6.22. The SMILES string of the molecule is COc1ccc(Cc2cnc(Nc3ccc(C)c(Br)c3)c3ccccc23)cn1. The van der Waals surface area contributed by atoms with E-state index in [1.54, 1.807) is 7.11 Å². The number of fused-ring (bicyclic) bond motifs is 1. The summed E-state index contributed by atoms with van der Waals surface area (Å²) in [6.07, 6.45) is 4.56. The highest BCUT2D eigenvalue weighted by Crippen LogP contribution is 2.29. The molecule has 0 aliphatic rings. The lowest BCUT2D eigenvalue weighted by molar-refractivity contribution is 0.397. The molecule has 0 fully saturated rings. The fraction of sp³-hybridized carbons (Fsp3) is 0.130. The summed E-state index contributed by atoms with van der Waals surface area (Å²) in [7, 11) is 1.62. The number of hydrogen-bond acceptors (Lipinski definition) is 4.